The summed E-state index contributed by atoms with van der Waals surface area (Å²) in [6.07, 6.45) is 0. The Labute approximate surface area is 362 Å². The highest BCUT2D eigenvalue weighted by atomic mass is 32.1. The predicted octanol–water partition coefficient (Wildman–Crippen LogP) is 17.7. The lowest BCUT2D eigenvalue weighted by Crippen LogP contribution is -1.97. The fourth-order valence-electron chi connectivity index (χ4n) is 10.8. The first-order valence-electron chi connectivity index (χ1n) is 21.2. The molecule has 0 bridgehead atoms. The highest BCUT2D eigenvalue weighted by Crippen LogP contribution is 2.48. The van der Waals surface area contributed by atoms with Crippen molar-refractivity contribution in [2.24, 2.45) is 0 Å². The fraction of sp³-hybridized carbons (Fsp3) is 0. The highest BCUT2D eigenvalue weighted by Gasteiger charge is 2.23. The molecular formula is C58H31NOS2. The number of thiophene rings is 2. The highest BCUT2D eigenvalue weighted by molar-refractivity contribution is 7.26. The van der Waals surface area contributed by atoms with Crippen LogP contribution in [0.5, 0.6) is 0 Å². The third kappa shape index (κ3) is 4.37. The van der Waals surface area contributed by atoms with Gasteiger partial charge in [-0.05, 0) is 81.9 Å². The molecule has 0 radical (unpaired) electrons. The van der Waals surface area contributed by atoms with Crippen molar-refractivity contribution in [3.63, 3.8) is 0 Å². The van der Waals surface area contributed by atoms with Gasteiger partial charge in [0.1, 0.15) is 11.2 Å². The summed E-state index contributed by atoms with van der Waals surface area (Å²) in [6.45, 7) is 0. The van der Waals surface area contributed by atoms with Crippen molar-refractivity contribution in [1.29, 1.82) is 0 Å². The van der Waals surface area contributed by atoms with E-state index in [1.807, 2.05) is 22.7 Å². The van der Waals surface area contributed by atoms with Crippen LogP contribution in [0.3, 0.4) is 0 Å². The standard InChI is InChI=1S/C58H31NOS2/c1-4-19-48-36(11-1)44-28-33(34-25-27-53-45(29-34)38-13-3-5-20-51(38)61-53)24-26-49(44)59(48)50-31-47-55-35(23-22-32-10-7-18-43(50)54(32)55)30-46-40-15-8-14-39(56(40)60-57(46)47)42-17-9-16-41-37-12-2-6-21-52(37)62-58(41)42/h1-31H. The lowest BCUT2D eigenvalue weighted by atomic mass is 9.91. The Morgan fingerprint density at radius 1 is 0.339 bits per heavy atom. The molecule has 0 spiro atoms. The number of nitrogens with zero attached hydrogens (tertiary/aromatic N) is 1. The van der Waals surface area contributed by atoms with Crippen LogP contribution in [0, 0.1) is 0 Å². The Morgan fingerprint density at radius 2 is 0.968 bits per heavy atom. The minimum Gasteiger partial charge on any atom is -0.455 e. The van der Waals surface area contributed by atoms with Crippen LogP contribution in [-0.2, 0) is 0 Å². The molecule has 0 fully saturated rings. The quantitative estimate of drug-likeness (QED) is 0.162. The SMILES string of the molecule is c1ccc2c(c1)sc1ccc(-c3ccc4c(c3)c3ccccc3n4-c3cc4c5oc6c(-c7cccc8c7sc7ccccc78)cccc6c5cc5ccc6cccc3c6c54)cc12. The third-order valence-electron chi connectivity index (χ3n) is 13.5. The summed E-state index contributed by atoms with van der Waals surface area (Å²) in [5.74, 6) is 0. The van der Waals surface area contributed by atoms with Crippen LogP contribution in [0.1, 0.15) is 0 Å². The Morgan fingerprint density at radius 3 is 1.85 bits per heavy atom. The summed E-state index contributed by atoms with van der Waals surface area (Å²) in [6, 6.07) is 69.9. The summed E-state index contributed by atoms with van der Waals surface area (Å²) < 4.78 is 15.0. The van der Waals surface area contributed by atoms with Crippen molar-refractivity contribution in [3.8, 4) is 27.9 Å². The van der Waals surface area contributed by atoms with Gasteiger partial charge >= 0.3 is 0 Å². The third-order valence-corrected chi connectivity index (χ3v) is 15.9. The van der Waals surface area contributed by atoms with E-state index >= 15 is 0 Å². The van der Waals surface area contributed by atoms with Crippen LogP contribution in [0.4, 0.5) is 0 Å². The molecule has 15 aromatic rings. The van der Waals surface area contributed by atoms with Gasteiger partial charge in [-0.25, -0.2) is 0 Å². The minimum atomic E-state index is 0.932. The van der Waals surface area contributed by atoms with Gasteiger partial charge in [-0.2, -0.15) is 0 Å². The molecule has 4 heteroatoms. The van der Waals surface area contributed by atoms with Gasteiger partial charge in [0.2, 0.25) is 0 Å². The Bertz CT molecular complexity index is 4400. The number of rotatable bonds is 3. The van der Waals surface area contributed by atoms with Crippen LogP contribution >= 0.6 is 22.7 Å². The number of hydrogen-bond donors (Lipinski definition) is 0. The van der Waals surface area contributed by atoms with Crippen LogP contribution in [0.2, 0.25) is 0 Å². The zero-order chi connectivity index (χ0) is 40.2. The maximum Gasteiger partial charge on any atom is 0.143 e. The molecule has 2 nitrogen and oxygen atoms in total. The van der Waals surface area contributed by atoms with E-state index < -0.39 is 0 Å². The maximum absolute atomic E-state index is 7.28. The first kappa shape index (κ1) is 33.2. The largest absolute Gasteiger partial charge is 0.455 e. The Kier molecular flexibility index (Phi) is 6.48. The van der Waals surface area contributed by atoms with Gasteiger partial charge in [0.15, 0.2) is 0 Å². The van der Waals surface area contributed by atoms with Gasteiger partial charge in [0.25, 0.3) is 0 Å². The molecular weight excluding hydrogens is 791 g/mol. The number of para-hydroxylation sites is 2. The lowest BCUT2D eigenvalue weighted by molar-refractivity contribution is 0.674. The zero-order valence-corrected chi connectivity index (χ0v) is 34.7. The number of fused-ring (bicyclic) bond motifs is 13. The van der Waals surface area contributed by atoms with Crippen LogP contribution in [0.25, 0.3) is 144 Å². The van der Waals surface area contributed by atoms with E-state index in [0.717, 1.165) is 38.6 Å². The summed E-state index contributed by atoms with van der Waals surface area (Å²) in [5, 5.41) is 17.4. The smallest absolute Gasteiger partial charge is 0.143 e. The Hall–Kier alpha value is -7.50. The first-order chi connectivity index (χ1) is 30.7. The van der Waals surface area contributed by atoms with Crippen molar-refractivity contribution in [3.05, 3.63) is 188 Å². The average molecular weight is 822 g/mol. The molecule has 286 valence electrons. The minimum absolute atomic E-state index is 0.932. The molecule has 0 aliphatic heterocycles. The second-order valence-electron chi connectivity index (χ2n) is 16.7. The van der Waals surface area contributed by atoms with Crippen LogP contribution in [0.15, 0.2) is 192 Å². The van der Waals surface area contributed by atoms with Crippen molar-refractivity contribution in [2.75, 3.05) is 0 Å². The van der Waals surface area contributed by atoms with Gasteiger partial charge in [-0.15, -0.1) is 22.7 Å². The van der Waals surface area contributed by atoms with E-state index in [0.29, 0.717) is 0 Å². The van der Waals surface area contributed by atoms with Crippen molar-refractivity contribution >= 4 is 139 Å². The molecule has 0 saturated heterocycles. The zero-order valence-electron chi connectivity index (χ0n) is 33.1. The normalized spacial score (nSPS) is 12.5. The summed E-state index contributed by atoms with van der Waals surface area (Å²) >= 11 is 3.73. The van der Waals surface area contributed by atoms with Crippen molar-refractivity contribution in [2.45, 2.75) is 0 Å². The van der Waals surface area contributed by atoms with Crippen molar-refractivity contribution in [1.82, 2.24) is 4.57 Å². The number of benzene rings is 11. The second kappa shape index (κ2) is 12.1. The molecule has 0 saturated carbocycles. The molecule has 0 atom stereocenters. The summed E-state index contributed by atoms with van der Waals surface area (Å²) in [7, 11) is 0. The van der Waals surface area contributed by atoms with Gasteiger partial charge < -0.3 is 8.98 Å². The van der Waals surface area contributed by atoms with E-state index in [9.17, 15) is 0 Å². The molecule has 11 aromatic carbocycles. The van der Waals surface area contributed by atoms with E-state index in [1.165, 1.54) is 106 Å². The molecule has 0 aliphatic rings. The second-order valence-corrected chi connectivity index (χ2v) is 18.9. The number of hydrogen-bond acceptors (Lipinski definition) is 3. The number of aromatic nitrogens is 1. The van der Waals surface area contributed by atoms with E-state index in [4.69, 9.17) is 4.42 Å². The van der Waals surface area contributed by atoms with Gasteiger partial charge in [0, 0.05) is 89.2 Å². The molecule has 0 amide bonds. The molecule has 62 heavy (non-hydrogen) atoms. The van der Waals surface area contributed by atoms with E-state index in [1.54, 1.807) is 0 Å². The number of furan rings is 1. The van der Waals surface area contributed by atoms with Gasteiger partial charge in [-0.1, -0.05) is 133 Å². The monoisotopic (exact) mass is 821 g/mol. The molecule has 15 rings (SSSR count). The van der Waals surface area contributed by atoms with Gasteiger partial charge in [0.05, 0.1) is 16.7 Å². The van der Waals surface area contributed by atoms with Gasteiger partial charge in [-0.3, -0.25) is 0 Å². The summed E-state index contributed by atoms with van der Waals surface area (Å²) in [5.41, 5.74) is 10.2. The Balaban J connectivity index is 1.00. The average Bonchev–Trinajstić information content (AvgIpc) is 4.09. The van der Waals surface area contributed by atoms with E-state index in [2.05, 4.69) is 193 Å². The first-order valence-corrected chi connectivity index (χ1v) is 22.8. The van der Waals surface area contributed by atoms with Crippen molar-refractivity contribution < 1.29 is 4.42 Å². The molecule has 4 aromatic heterocycles. The van der Waals surface area contributed by atoms with Crippen LogP contribution < -0.4 is 0 Å². The summed E-state index contributed by atoms with van der Waals surface area (Å²) in [4.78, 5) is 0. The molecule has 0 aliphatic carbocycles. The van der Waals surface area contributed by atoms with Crippen LogP contribution in [-0.4, -0.2) is 4.57 Å². The topological polar surface area (TPSA) is 18.1 Å². The predicted molar refractivity (Wildman–Crippen MR) is 268 cm³/mol. The fourth-order valence-corrected chi connectivity index (χ4v) is 13.1. The molecule has 4 heterocycles. The molecule has 0 N–H and O–H groups in total. The maximum atomic E-state index is 7.28. The van der Waals surface area contributed by atoms with E-state index in [-0.39, 0.29) is 0 Å². The molecule has 0 unspecified atom stereocenters. The lowest BCUT2D eigenvalue weighted by Gasteiger charge is -2.17.